The average Bonchev–Trinajstić information content (AvgIpc) is 3.44. The highest BCUT2D eigenvalue weighted by molar-refractivity contribution is 6.16. The van der Waals surface area contributed by atoms with Crippen molar-refractivity contribution in [3.05, 3.63) is 113 Å². The second-order valence-electron chi connectivity index (χ2n) is 11.2. The Balaban J connectivity index is 1.65. The Morgan fingerprint density at radius 3 is 1.61 bits per heavy atom. The third kappa shape index (κ3) is 8.53. The van der Waals surface area contributed by atoms with E-state index in [1.54, 1.807) is 12.1 Å². The van der Waals surface area contributed by atoms with E-state index in [1.807, 2.05) is 92.7 Å². The first-order valence-corrected chi connectivity index (χ1v) is 16.2. The molecule has 0 fully saturated rings. The molecule has 0 unspecified atom stereocenters. The highest BCUT2D eigenvalue weighted by Gasteiger charge is 2.18. The van der Waals surface area contributed by atoms with Crippen LogP contribution in [0.2, 0.25) is 0 Å². The van der Waals surface area contributed by atoms with E-state index in [0.29, 0.717) is 61.8 Å². The molecule has 10 heteroatoms. The standard InChI is InChI=1S/C39H39N3O7/c1-5-46-22-20-35(40-48-26(3)43)28-12-16-32(17-13-28)42-37-18-14-30(36(21-23-47-6-2)41-49-27(4)44)24-33(37)34-25-31(15-19-38(34)42)39(45)29-10-8-7-9-11-29/h7-19,24-25H,5-6,20-23H2,1-4H3. The lowest BCUT2D eigenvalue weighted by Crippen LogP contribution is -2.09. The maximum absolute atomic E-state index is 13.5. The molecule has 1 aromatic heterocycles. The molecule has 0 saturated carbocycles. The predicted octanol–water partition coefficient (Wildman–Crippen LogP) is 7.40. The second kappa shape index (κ2) is 16.6. The van der Waals surface area contributed by atoms with Crippen molar-refractivity contribution in [2.24, 2.45) is 10.3 Å². The van der Waals surface area contributed by atoms with Crippen LogP contribution in [0, 0.1) is 0 Å². The molecule has 5 rings (SSSR count). The molecule has 0 saturated heterocycles. The van der Waals surface area contributed by atoms with Crippen molar-refractivity contribution >= 4 is 51.0 Å². The van der Waals surface area contributed by atoms with Gasteiger partial charge in [0.15, 0.2) is 5.78 Å². The molecule has 0 spiro atoms. The molecular weight excluding hydrogens is 622 g/mol. The minimum absolute atomic E-state index is 0.0793. The number of ether oxygens (including phenoxy) is 2. The molecule has 49 heavy (non-hydrogen) atoms. The molecule has 10 nitrogen and oxygen atoms in total. The van der Waals surface area contributed by atoms with Crippen molar-refractivity contribution in [3.8, 4) is 5.69 Å². The SMILES string of the molecule is CCOCCC(=NOC(C)=O)c1ccc(-n2c3ccc(C(=O)c4ccccc4)cc3c3cc(C(CCOCC)=NOC(C)=O)ccc32)cc1. The van der Waals surface area contributed by atoms with Crippen molar-refractivity contribution < 1.29 is 33.5 Å². The van der Waals surface area contributed by atoms with Gasteiger partial charge < -0.3 is 23.7 Å². The van der Waals surface area contributed by atoms with Crippen molar-refractivity contribution in [1.82, 2.24) is 4.57 Å². The van der Waals surface area contributed by atoms with Crippen LogP contribution < -0.4 is 0 Å². The lowest BCUT2D eigenvalue weighted by atomic mass is 10.00. The fourth-order valence-corrected chi connectivity index (χ4v) is 5.53. The molecule has 0 aliphatic carbocycles. The highest BCUT2D eigenvalue weighted by atomic mass is 16.7. The third-order valence-electron chi connectivity index (χ3n) is 7.80. The first-order valence-electron chi connectivity index (χ1n) is 16.2. The Hall–Kier alpha value is -5.45. The number of hydrogen-bond acceptors (Lipinski definition) is 9. The zero-order valence-corrected chi connectivity index (χ0v) is 28.1. The maximum Gasteiger partial charge on any atom is 0.331 e. The summed E-state index contributed by atoms with van der Waals surface area (Å²) in [5.41, 5.74) is 6.55. The minimum atomic E-state index is -0.516. The van der Waals surface area contributed by atoms with Crippen LogP contribution in [0.1, 0.15) is 67.6 Å². The predicted molar refractivity (Wildman–Crippen MR) is 189 cm³/mol. The van der Waals surface area contributed by atoms with Gasteiger partial charge in [-0.1, -0.05) is 58.8 Å². The van der Waals surface area contributed by atoms with E-state index in [4.69, 9.17) is 19.1 Å². The summed E-state index contributed by atoms with van der Waals surface area (Å²) in [7, 11) is 0. The lowest BCUT2D eigenvalue weighted by Gasteiger charge is -2.11. The van der Waals surface area contributed by atoms with Crippen LogP contribution in [0.5, 0.6) is 0 Å². The van der Waals surface area contributed by atoms with Gasteiger partial charge in [0.25, 0.3) is 0 Å². The number of rotatable bonds is 15. The number of carbonyl (C=O) groups is 3. The summed E-state index contributed by atoms with van der Waals surface area (Å²) < 4.78 is 13.2. The van der Waals surface area contributed by atoms with Crippen LogP contribution in [-0.2, 0) is 28.7 Å². The first kappa shape index (κ1) is 34.9. The zero-order chi connectivity index (χ0) is 34.8. The summed E-state index contributed by atoms with van der Waals surface area (Å²) in [6.07, 6.45) is 0.905. The molecule has 5 aromatic rings. The number of fused-ring (bicyclic) bond motifs is 3. The molecule has 0 radical (unpaired) electrons. The molecule has 0 N–H and O–H groups in total. The molecular formula is C39H39N3O7. The fraction of sp³-hybridized carbons (Fsp3) is 0.256. The van der Waals surface area contributed by atoms with Gasteiger partial charge in [0.1, 0.15) is 0 Å². The average molecular weight is 662 g/mol. The Kier molecular flexibility index (Phi) is 11.8. The quantitative estimate of drug-likeness (QED) is 0.0377. The van der Waals surface area contributed by atoms with E-state index < -0.39 is 11.9 Å². The Morgan fingerprint density at radius 2 is 1.08 bits per heavy atom. The van der Waals surface area contributed by atoms with E-state index in [2.05, 4.69) is 14.9 Å². The Bertz CT molecular complexity index is 2010. The van der Waals surface area contributed by atoms with E-state index >= 15 is 0 Å². The van der Waals surface area contributed by atoms with Gasteiger partial charge in [-0.15, -0.1) is 0 Å². The van der Waals surface area contributed by atoms with Crippen LogP contribution in [0.15, 0.2) is 101 Å². The van der Waals surface area contributed by atoms with Crippen LogP contribution in [0.25, 0.3) is 27.5 Å². The van der Waals surface area contributed by atoms with E-state index in [9.17, 15) is 14.4 Å². The zero-order valence-electron chi connectivity index (χ0n) is 28.1. The van der Waals surface area contributed by atoms with Gasteiger partial charge in [-0.25, -0.2) is 9.59 Å². The third-order valence-corrected chi connectivity index (χ3v) is 7.80. The summed E-state index contributed by atoms with van der Waals surface area (Å²) in [5.74, 6) is -1.10. The molecule has 0 atom stereocenters. The summed E-state index contributed by atoms with van der Waals surface area (Å²) in [6.45, 7) is 8.41. The number of oxime groups is 2. The Morgan fingerprint density at radius 1 is 0.592 bits per heavy atom. The Labute approximate surface area is 284 Å². The number of aromatic nitrogens is 1. The van der Waals surface area contributed by atoms with Crippen molar-refractivity contribution in [3.63, 3.8) is 0 Å². The van der Waals surface area contributed by atoms with Crippen LogP contribution in [0.4, 0.5) is 0 Å². The van der Waals surface area contributed by atoms with Crippen molar-refractivity contribution in [1.29, 1.82) is 0 Å². The van der Waals surface area contributed by atoms with E-state index in [1.165, 1.54) is 13.8 Å². The largest absolute Gasteiger partial charge is 0.381 e. The van der Waals surface area contributed by atoms with Gasteiger partial charge in [0, 0.05) is 73.1 Å². The number of ketones is 1. The monoisotopic (exact) mass is 661 g/mol. The first-order chi connectivity index (χ1) is 23.8. The normalized spacial score (nSPS) is 12.0. The second-order valence-corrected chi connectivity index (χ2v) is 11.2. The molecule has 0 amide bonds. The number of hydrogen-bond donors (Lipinski definition) is 0. The summed E-state index contributed by atoms with van der Waals surface area (Å²) >= 11 is 0. The van der Waals surface area contributed by atoms with Crippen molar-refractivity contribution in [2.75, 3.05) is 26.4 Å². The van der Waals surface area contributed by atoms with Gasteiger partial charge in [0.05, 0.1) is 35.7 Å². The van der Waals surface area contributed by atoms with Crippen molar-refractivity contribution in [2.45, 2.75) is 40.5 Å². The van der Waals surface area contributed by atoms with Gasteiger partial charge in [-0.05, 0) is 61.9 Å². The molecule has 0 aliphatic heterocycles. The van der Waals surface area contributed by atoms with E-state index in [0.717, 1.165) is 38.6 Å². The summed E-state index contributed by atoms with van der Waals surface area (Å²) in [4.78, 5) is 46.7. The molecule has 0 bridgehead atoms. The van der Waals surface area contributed by atoms with Gasteiger partial charge in [-0.2, -0.15) is 0 Å². The van der Waals surface area contributed by atoms with E-state index in [-0.39, 0.29) is 5.78 Å². The fourth-order valence-electron chi connectivity index (χ4n) is 5.53. The number of benzene rings is 4. The number of nitrogens with zero attached hydrogens (tertiary/aromatic N) is 3. The summed E-state index contributed by atoms with van der Waals surface area (Å²) in [6, 6.07) is 28.7. The van der Waals surface area contributed by atoms with Crippen LogP contribution >= 0.6 is 0 Å². The molecule has 1 heterocycles. The highest BCUT2D eigenvalue weighted by Crippen LogP contribution is 2.34. The maximum atomic E-state index is 13.5. The smallest absolute Gasteiger partial charge is 0.331 e. The molecule has 252 valence electrons. The van der Waals surface area contributed by atoms with Crippen LogP contribution in [0.3, 0.4) is 0 Å². The lowest BCUT2D eigenvalue weighted by molar-refractivity contribution is -0.141. The van der Waals surface area contributed by atoms with Gasteiger partial charge >= 0.3 is 11.9 Å². The van der Waals surface area contributed by atoms with Gasteiger partial charge in [-0.3, -0.25) is 4.79 Å². The number of carbonyl (C=O) groups excluding carboxylic acids is 3. The van der Waals surface area contributed by atoms with Crippen LogP contribution in [-0.4, -0.2) is 60.1 Å². The minimum Gasteiger partial charge on any atom is -0.381 e. The molecule has 0 aliphatic rings. The molecule has 4 aromatic carbocycles. The van der Waals surface area contributed by atoms with Gasteiger partial charge in [0.2, 0.25) is 0 Å². The topological polar surface area (TPSA) is 118 Å². The summed E-state index contributed by atoms with van der Waals surface area (Å²) in [5, 5.41) is 10.00.